The van der Waals surface area contributed by atoms with Gasteiger partial charge in [0.05, 0.1) is 18.1 Å². The molecule has 20 heavy (non-hydrogen) atoms. The zero-order valence-electron chi connectivity index (χ0n) is 13.2. The van der Waals surface area contributed by atoms with Gasteiger partial charge < -0.3 is 18.9 Å². The van der Waals surface area contributed by atoms with Crippen LogP contribution in [0.4, 0.5) is 0 Å². The zero-order valence-corrected chi connectivity index (χ0v) is 13.2. The molecule has 1 atom stereocenters. The average molecular weight is 290 g/mol. The lowest BCUT2D eigenvalue weighted by atomic mass is 9.97. The molecule has 118 valence electrons. The molecule has 6 nitrogen and oxygen atoms in total. The van der Waals surface area contributed by atoms with Crippen molar-refractivity contribution in [1.29, 1.82) is 0 Å². The summed E-state index contributed by atoms with van der Waals surface area (Å²) in [5, 5.41) is 0. The van der Waals surface area contributed by atoms with Crippen molar-refractivity contribution >= 4 is 11.9 Å². The third-order valence-electron chi connectivity index (χ3n) is 2.19. The lowest BCUT2D eigenvalue weighted by molar-refractivity contribution is -0.175. The summed E-state index contributed by atoms with van der Waals surface area (Å²) in [6.45, 7) is 10.5. The summed E-state index contributed by atoms with van der Waals surface area (Å²) >= 11 is 0. The number of hydrogen-bond donors (Lipinski definition) is 0. The van der Waals surface area contributed by atoms with Crippen LogP contribution in [0.2, 0.25) is 0 Å². The number of carbonyl (C=O) groups is 2. The highest BCUT2D eigenvalue weighted by Crippen LogP contribution is 2.15. The van der Waals surface area contributed by atoms with E-state index < -0.39 is 17.5 Å². The van der Waals surface area contributed by atoms with Crippen molar-refractivity contribution in [1.82, 2.24) is 0 Å². The van der Waals surface area contributed by atoms with E-state index in [1.165, 1.54) is 6.92 Å². The molecule has 0 aliphatic heterocycles. The van der Waals surface area contributed by atoms with E-state index in [9.17, 15) is 9.59 Å². The first-order chi connectivity index (χ1) is 9.12. The molecule has 0 rings (SSSR count). The van der Waals surface area contributed by atoms with Crippen LogP contribution in [0.5, 0.6) is 0 Å². The Morgan fingerprint density at radius 2 is 1.60 bits per heavy atom. The topological polar surface area (TPSA) is 71.1 Å². The lowest BCUT2D eigenvalue weighted by Crippen LogP contribution is -2.32. The molecular formula is C14H26O6. The van der Waals surface area contributed by atoms with Gasteiger partial charge in [0.25, 0.3) is 0 Å². The molecule has 1 unspecified atom stereocenters. The quantitative estimate of drug-likeness (QED) is 0.502. The number of rotatable bonds is 8. The fourth-order valence-corrected chi connectivity index (χ4v) is 1.04. The Bertz CT molecular complexity index is 305. The van der Waals surface area contributed by atoms with Crippen LogP contribution in [0.1, 0.15) is 41.5 Å². The van der Waals surface area contributed by atoms with Crippen LogP contribution in [-0.2, 0) is 28.5 Å². The second-order valence-corrected chi connectivity index (χ2v) is 5.77. The Morgan fingerprint density at radius 3 is 2.05 bits per heavy atom. The van der Waals surface area contributed by atoms with Crippen molar-refractivity contribution in [2.24, 2.45) is 5.41 Å². The Hall–Kier alpha value is -1.14. The summed E-state index contributed by atoms with van der Waals surface area (Å²) in [6, 6.07) is 0. The van der Waals surface area contributed by atoms with Crippen LogP contribution >= 0.6 is 0 Å². The first kappa shape index (κ1) is 18.9. The number of carbonyl (C=O) groups excluding carboxylic acids is 2. The fourth-order valence-electron chi connectivity index (χ4n) is 1.04. The van der Waals surface area contributed by atoms with Gasteiger partial charge in [0.1, 0.15) is 12.7 Å². The Balaban J connectivity index is 4.22. The maximum Gasteiger partial charge on any atom is 0.311 e. The van der Waals surface area contributed by atoms with Crippen molar-refractivity contribution in [2.75, 3.05) is 20.0 Å². The van der Waals surface area contributed by atoms with E-state index in [1.807, 2.05) is 13.8 Å². The fraction of sp³-hybridized carbons (Fsp3) is 0.857. The summed E-state index contributed by atoms with van der Waals surface area (Å²) in [7, 11) is 0. The largest absolute Gasteiger partial charge is 0.462 e. The van der Waals surface area contributed by atoms with E-state index >= 15 is 0 Å². The van der Waals surface area contributed by atoms with Gasteiger partial charge in [-0.25, -0.2) is 0 Å². The number of esters is 2. The van der Waals surface area contributed by atoms with Gasteiger partial charge in [0.15, 0.2) is 6.79 Å². The van der Waals surface area contributed by atoms with Gasteiger partial charge in [-0.3, -0.25) is 9.59 Å². The summed E-state index contributed by atoms with van der Waals surface area (Å²) in [6.07, 6.45) is -0.434. The Kier molecular flexibility index (Phi) is 8.41. The number of hydrogen-bond acceptors (Lipinski definition) is 6. The predicted molar refractivity (Wildman–Crippen MR) is 73.0 cm³/mol. The van der Waals surface area contributed by atoms with Crippen molar-refractivity contribution in [3.8, 4) is 0 Å². The smallest absolute Gasteiger partial charge is 0.311 e. The molecule has 0 saturated carbocycles. The maximum absolute atomic E-state index is 11.7. The average Bonchev–Trinajstić information content (AvgIpc) is 2.29. The molecule has 6 heteroatoms. The normalized spacial score (nSPS) is 13.2. The predicted octanol–water partition coefficient (Wildman–Crippen LogP) is 1.91. The molecule has 0 aliphatic carbocycles. The highest BCUT2D eigenvalue weighted by molar-refractivity contribution is 5.75. The van der Waals surface area contributed by atoms with Gasteiger partial charge >= 0.3 is 11.9 Å². The molecule has 0 aromatic heterocycles. The highest BCUT2D eigenvalue weighted by Gasteiger charge is 2.24. The molecule has 0 aliphatic rings. The second-order valence-electron chi connectivity index (χ2n) is 5.77. The summed E-state index contributed by atoms with van der Waals surface area (Å²) < 4.78 is 20.6. The molecule has 0 radical (unpaired) electrons. The van der Waals surface area contributed by atoms with Crippen molar-refractivity contribution in [2.45, 2.75) is 53.8 Å². The minimum absolute atomic E-state index is 0.0353. The van der Waals surface area contributed by atoms with Gasteiger partial charge in [-0.15, -0.1) is 0 Å². The molecule has 0 aromatic rings. The van der Waals surface area contributed by atoms with E-state index in [0.29, 0.717) is 0 Å². The molecule has 0 bridgehead atoms. The van der Waals surface area contributed by atoms with Gasteiger partial charge in [0, 0.05) is 6.92 Å². The van der Waals surface area contributed by atoms with E-state index in [1.54, 1.807) is 20.8 Å². The summed E-state index contributed by atoms with van der Waals surface area (Å²) in [5.41, 5.74) is -0.570. The molecule has 0 spiro atoms. The van der Waals surface area contributed by atoms with Crippen LogP contribution in [0.3, 0.4) is 0 Å². The van der Waals surface area contributed by atoms with E-state index in [-0.39, 0.29) is 32.1 Å². The van der Waals surface area contributed by atoms with E-state index in [4.69, 9.17) is 18.9 Å². The van der Waals surface area contributed by atoms with Gasteiger partial charge in [-0.05, 0) is 34.6 Å². The molecule has 0 amide bonds. The molecule has 0 N–H and O–H groups in total. The van der Waals surface area contributed by atoms with Crippen LogP contribution in [0, 0.1) is 5.41 Å². The minimum Gasteiger partial charge on any atom is -0.462 e. The standard InChI is InChI=1S/C14H26O6/c1-10(2)17-7-12(20-9-19-11(3)15)8-18-13(16)14(4,5)6/h10,12H,7-9H2,1-6H3. The zero-order chi connectivity index (χ0) is 15.8. The first-order valence-corrected chi connectivity index (χ1v) is 6.66. The van der Waals surface area contributed by atoms with Crippen LogP contribution in [-0.4, -0.2) is 44.2 Å². The van der Waals surface area contributed by atoms with E-state index in [0.717, 1.165) is 0 Å². The van der Waals surface area contributed by atoms with Crippen LogP contribution < -0.4 is 0 Å². The van der Waals surface area contributed by atoms with Crippen molar-refractivity contribution in [3.05, 3.63) is 0 Å². The first-order valence-electron chi connectivity index (χ1n) is 6.66. The lowest BCUT2D eigenvalue weighted by Gasteiger charge is -2.22. The van der Waals surface area contributed by atoms with E-state index in [2.05, 4.69) is 0 Å². The van der Waals surface area contributed by atoms with Crippen molar-refractivity contribution in [3.63, 3.8) is 0 Å². The number of ether oxygens (including phenoxy) is 4. The molecule has 0 fully saturated rings. The minimum atomic E-state index is -0.570. The van der Waals surface area contributed by atoms with Gasteiger partial charge in [-0.2, -0.15) is 0 Å². The Labute approximate surface area is 120 Å². The highest BCUT2D eigenvalue weighted by atomic mass is 16.7. The second kappa shape index (κ2) is 8.92. The van der Waals surface area contributed by atoms with Gasteiger partial charge in [0.2, 0.25) is 0 Å². The molecule has 0 saturated heterocycles. The third kappa shape index (κ3) is 9.75. The molecule has 0 aromatic carbocycles. The Morgan fingerprint density at radius 1 is 1.00 bits per heavy atom. The molecule has 0 heterocycles. The third-order valence-corrected chi connectivity index (χ3v) is 2.19. The molecular weight excluding hydrogens is 264 g/mol. The maximum atomic E-state index is 11.7. The SMILES string of the molecule is CC(=O)OCOC(COC(=O)C(C)(C)C)COC(C)C. The summed E-state index contributed by atoms with van der Waals surface area (Å²) in [5.74, 6) is -0.747. The monoisotopic (exact) mass is 290 g/mol. The van der Waals surface area contributed by atoms with Crippen LogP contribution in [0.15, 0.2) is 0 Å². The summed E-state index contributed by atoms with van der Waals surface area (Å²) in [4.78, 5) is 22.4. The van der Waals surface area contributed by atoms with Gasteiger partial charge in [-0.1, -0.05) is 0 Å². The van der Waals surface area contributed by atoms with Crippen LogP contribution in [0.25, 0.3) is 0 Å². The van der Waals surface area contributed by atoms with Crippen molar-refractivity contribution < 1.29 is 28.5 Å².